The van der Waals surface area contributed by atoms with Gasteiger partial charge in [-0.2, -0.15) is 0 Å². The van der Waals surface area contributed by atoms with Gasteiger partial charge < -0.3 is 16.0 Å². The molecular weight excluding hydrogens is 257 g/mol. The molecule has 0 saturated carbocycles. The van der Waals surface area contributed by atoms with Gasteiger partial charge in [0, 0.05) is 25.7 Å². The van der Waals surface area contributed by atoms with E-state index in [1.54, 1.807) is 6.07 Å². The zero-order chi connectivity index (χ0) is 14.7. The van der Waals surface area contributed by atoms with Crippen molar-refractivity contribution in [3.8, 4) is 0 Å². The van der Waals surface area contributed by atoms with Crippen LogP contribution in [0.3, 0.4) is 0 Å². The predicted octanol–water partition coefficient (Wildman–Crippen LogP) is 1.28. The summed E-state index contributed by atoms with van der Waals surface area (Å²) in [7, 11) is 0. The smallest absolute Gasteiger partial charge is 0.227 e. The third-order valence-corrected chi connectivity index (χ3v) is 3.94. The Morgan fingerprint density at radius 3 is 2.90 bits per heavy atom. The molecule has 0 aliphatic carbocycles. The van der Waals surface area contributed by atoms with E-state index in [0.717, 1.165) is 12.1 Å². The van der Waals surface area contributed by atoms with Gasteiger partial charge in [-0.3, -0.25) is 4.79 Å². The fraction of sp³-hybridized carbons (Fsp3) is 0.533. The number of benzene rings is 1. The lowest BCUT2D eigenvalue weighted by Crippen LogP contribution is -2.52. The van der Waals surface area contributed by atoms with Crippen molar-refractivity contribution < 1.29 is 9.18 Å². The normalized spacial score (nSPS) is 22.4. The van der Waals surface area contributed by atoms with Crippen molar-refractivity contribution in [3.05, 3.63) is 35.6 Å². The molecule has 3 N–H and O–H groups in total. The zero-order valence-corrected chi connectivity index (χ0v) is 12.0. The fourth-order valence-corrected chi connectivity index (χ4v) is 2.47. The van der Waals surface area contributed by atoms with Crippen LogP contribution in [-0.4, -0.2) is 36.5 Å². The second-order valence-corrected chi connectivity index (χ2v) is 5.45. The first-order chi connectivity index (χ1) is 9.50. The summed E-state index contributed by atoms with van der Waals surface area (Å²) in [5.41, 5.74) is 6.65. The van der Waals surface area contributed by atoms with Crippen LogP contribution in [0, 0.1) is 11.7 Å². The summed E-state index contributed by atoms with van der Waals surface area (Å²) in [6.07, 6.45) is 0. The van der Waals surface area contributed by atoms with E-state index >= 15 is 0 Å². The van der Waals surface area contributed by atoms with Crippen molar-refractivity contribution in [2.24, 2.45) is 11.7 Å². The van der Waals surface area contributed by atoms with E-state index in [-0.39, 0.29) is 29.7 Å². The molecule has 20 heavy (non-hydrogen) atoms. The standard InChI is InChI=1S/C15H22FN3O/c1-10(11(2)17)15(20)19-7-6-18-9-14(19)12-4-3-5-13(16)8-12/h3-5,8,10-11,14,18H,6-7,9,17H2,1-2H3. The Labute approximate surface area is 119 Å². The minimum absolute atomic E-state index is 0.0377. The van der Waals surface area contributed by atoms with Crippen molar-refractivity contribution in [2.75, 3.05) is 19.6 Å². The van der Waals surface area contributed by atoms with Gasteiger partial charge in [0.15, 0.2) is 0 Å². The molecule has 1 aliphatic heterocycles. The summed E-state index contributed by atoms with van der Waals surface area (Å²) in [5.74, 6) is -0.472. The highest BCUT2D eigenvalue weighted by molar-refractivity contribution is 5.79. The topological polar surface area (TPSA) is 58.4 Å². The Morgan fingerprint density at radius 1 is 1.50 bits per heavy atom. The van der Waals surface area contributed by atoms with E-state index < -0.39 is 0 Å². The van der Waals surface area contributed by atoms with Gasteiger partial charge in [-0.05, 0) is 24.6 Å². The number of carbonyl (C=O) groups is 1. The van der Waals surface area contributed by atoms with Crippen LogP contribution < -0.4 is 11.1 Å². The molecule has 1 heterocycles. The van der Waals surface area contributed by atoms with E-state index in [0.29, 0.717) is 13.1 Å². The average Bonchev–Trinajstić information content (AvgIpc) is 2.45. The van der Waals surface area contributed by atoms with E-state index in [1.165, 1.54) is 12.1 Å². The summed E-state index contributed by atoms with van der Waals surface area (Å²) in [4.78, 5) is 14.4. The Morgan fingerprint density at radius 2 is 2.25 bits per heavy atom. The van der Waals surface area contributed by atoms with Crippen LogP contribution in [0.2, 0.25) is 0 Å². The van der Waals surface area contributed by atoms with Gasteiger partial charge in [0.2, 0.25) is 5.91 Å². The lowest BCUT2D eigenvalue weighted by Gasteiger charge is -2.38. The minimum atomic E-state index is -0.277. The van der Waals surface area contributed by atoms with Gasteiger partial charge in [0.1, 0.15) is 5.82 Å². The van der Waals surface area contributed by atoms with Gasteiger partial charge in [0.25, 0.3) is 0 Å². The van der Waals surface area contributed by atoms with Crippen molar-refractivity contribution in [1.82, 2.24) is 10.2 Å². The first-order valence-corrected chi connectivity index (χ1v) is 7.03. The molecule has 2 rings (SSSR count). The predicted molar refractivity (Wildman–Crippen MR) is 76.5 cm³/mol. The lowest BCUT2D eigenvalue weighted by molar-refractivity contribution is -0.139. The molecule has 1 aromatic rings. The molecule has 1 aliphatic rings. The number of carbonyl (C=O) groups excluding carboxylic acids is 1. The minimum Gasteiger partial charge on any atom is -0.333 e. The molecule has 1 fully saturated rings. The number of hydrogen-bond acceptors (Lipinski definition) is 3. The van der Waals surface area contributed by atoms with Crippen LogP contribution in [0.15, 0.2) is 24.3 Å². The summed E-state index contributed by atoms with van der Waals surface area (Å²) in [6, 6.07) is 6.12. The van der Waals surface area contributed by atoms with Gasteiger partial charge in [-0.1, -0.05) is 19.1 Å². The molecule has 4 nitrogen and oxygen atoms in total. The molecule has 110 valence electrons. The van der Waals surface area contributed by atoms with Crippen LogP contribution in [0.5, 0.6) is 0 Å². The molecule has 0 radical (unpaired) electrons. The monoisotopic (exact) mass is 279 g/mol. The van der Waals surface area contributed by atoms with Crippen molar-refractivity contribution in [3.63, 3.8) is 0 Å². The lowest BCUT2D eigenvalue weighted by atomic mass is 9.98. The first-order valence-electron chi connectivity index (χ1n) is 7.03. The first kappa shape index (κ1) is 14.9. The van der Waals surface area contributed by atoms with E-state index in [4.69, 9.17) is 5.73 Å². The maximum absolute atomic E-state index is 13.4. The second kappa shape index (κ2) is 6.33. The van der Waals surface area contributed by atoms with Gasteiger partial charge >= 0.3 is 0 Å². The van der Waals surface area contributed by atoms with Crippen LogP contribution in [0.1, 0.15) is 25.5 Å². The maximum atomic E-state index is 13.4. The van der Waals surface area contributed by atoms with Crippen LogP contribution >= 0.6 is 0 Å². The highest BCUT2D eigenvalue weighted by Crippen LogP contribution is 2.25. The Hall–Kier alpha value is -1.46. The maximum Gasteiger partial charge on any atom is 0.227 e. The fourth-order valence-electron chi connectivity index (χ4n) is 2.47. The Kier molecular flexibility index (Phi) is 4.73. The number of nitrogens with one attached hydrogen (secondary N) is 1. The SMILES string of the molecule is CC(N)C(C)C(=O)N1CCNCC1c1cccc(F)c1. The second-order valence-electron chi connectivity index (χ2n) is 5.45. The van der Waals surface area contributed by atoms with E-state index in [1.807, 2.05) is 24.8 Å². The molecule has 0 bridgehead atoms. The molecule has 1 aromatic carbocycles. The van der Waals surface area contributed by atoms with Crippen molar-refractivity contribution in [1.29, 1.82) is 0 Å². The molecule has 0 aromatic heterocycles. The van der Waals surface area contributed by atoms with Crippen LogP contribution in [-0.2, 0) is 4.79 Å². The summed E-state index contributed by atoms with van der Waals surface area (Å²) in [6.45, 7) is 5.70. The molecule has 3 unspecified atom stereocenters. The highest BCUT2D eigenvalue weighted by Gasteiger charge is 2.31. The summed E-state index contributed by atoms with van der Waals surface area (Å²) >= 11 is 0. The number of hydrogen-bond donors (Lipinski definition) is 2. The molecule has 3 atom stereocenters. The highest BCUT2D eigenvalue weighted by atomic mass is 19.1. The van der Waals surface area contributed by atoms with Gasteiger partial charge in [-0.25, -0.2) is 4.39 Å². The average molecular weight is 279 g/mol. The Balaban J connectivity index is 2.23. The van der Waals surface area contributed by atoms with Gasteiger partial charge in [0.05, 0.1) is 12.0 Å². The van der Waals surface area contributed by atoms with E-state index in [2.05, 4.69) is 5.32 Å². The number of rotatable bonds is 3. The zero-order valence-electron chi connectivity index (χ0n) is 12.0. The van der Waals surface area contributed by atoms with Crippen LogP contribution in [0.4, 0.5) is 4.39 Å². The Bertz CT molecular complexity index is 478. The van der Waals surface area contributed by atoms with Gasteiger partial charge in [-0.15, -0.1) is 0 Å². The van der Waals surface area contributed by atoms with Crippen molar-refractivity contribution in [2.45, 2.75) is 25.9 Å². The quantitative estimate of drug-likeness (QED) is 0.876. The number of piperazine rings is 1. The number of nitrogens with two attached hydrogens (primary N) is 1. The number of amides is 1. The molecule has 1 saturated heterocycles. The number of nitrogens with zero attached hydrogens (tertiary/aromatic N) is 1. The molecular formula is C15H22FN3O. The van der Waals surface area contributed by atoms with E-state index in [9.17, 15) is 9.18 Å². The molecule has 5 heteroatoms. The molecule has 0 spiro atoms. The summed E-state index contributed by atoms with van der Waals surface area (Å²) < 4.78 is 13.4. The molecule has 1 amide bonds. The largest absolute Gasteiger partial charge is 0.333 e. The number of halogens is 1. The van der Waals surface area contributed by atoms with Crippen molar-refractivity contribution >= 4 is 5.91 Å². The summed E-state index contributed by atoms with van der Waals surface area (Å²) in [5, 5.41) is 3.26. The third-order valence-electron chi connectivity index (χ3n) is 3.94. The van der Waals surface area contributed by atoms with Crippen LogP contribution in [0.25, 0.3) is 0 Å². The third kappa shape index (κ3) is 3.16.